The zero-order valence-electron chi connectivity index (χ0n) is 15.0. The van der Waals surface area contributed by atoms with Crippen molar-refractivity contribution in [3.05, 3.63) is 30.3 Å². The molecule has 0 spiro atoms. The number of esters is 1. The van der Waals surface area contributed by atoms with Crippen LogP contribution in [0.25, 0.3) is 0 Å². The molecule has 0 N–H and O–H groups in total. The minimum absolute atomic E-state index is 0.0479. The second kappa shape index (κ2) is 7.78. The summed E-state index contributed by atoms with van der Waals surface area (Å²) >= 11 is 0. The van der Waals surface area contributed by atoms with E-state index in [4.69, 9.17) is 4.74 Å². The molecule has 1 aliphatic heterocycles. The third-order valence-corrected chi connectivity index (χ3v) is 7.63. The Balaban J connectivity index is 1.85. The second-order valence-electron chi connectivity index (χ2n) is 7.08. The topological polar surface area (TPSA) is 80.8 Å². The Hall–Kier alpha value is -1.89. The number of carbonyl (C=O) groups excluding carboxylic acids is 2. The van der Waals surface area contributed by atoms with Crippen molar-refractivity contribution in [3.8, 4) is 0 Å². The van der Waals surface area contributed by atoms with Gasteiger partial charge in [-0.05, 0) is 31.4 Å². The molecule has 0 unspecified atom stereocenters. The summed E-state index contributed by atoms with van der Waals surface area (Å²) in [6.45, 7) is 0.0479. The number of nitrogens with zero attached hydrogens (tertiary/aromatic N) is 1. The van der Waals surface area contributed by atoms with Crippen LogP contribution in [0.3, 0.4) is 0 Å². The monoisotopic (exact) mass is 379 g/mol. The lowest BCUT2D eigenvalue weighted by molar-refractivity contribution is -0.152. The van der Waals surface area contributed by atoms with E-state index in [9.17, 15) is 18.0 Å². The molecular formula is C19H25NO5S. The van der Waals surface area contributed by atoms with E-state index < -0.39 is 27.1 Å². The van der Waals surface area contributed by atoms with Gasteiger partial charge < -0.3 is 9.64 Å². The molecule has 1 saturated heterocycles. The van der Waals surface area contributed by atoms with Gasteiger partial charge in [-0.1, -0.05) is 37.5 Å². The predicted octanol–water partition coefficient (Wildman–Crippen LogP) is 2.18. The van der Waals surface area contributed by atoms with Crippen molar-refractivity contribution >= 4 is 21.7 Å². The quantitative estimate of drug-likeness (QED) is 0.749. The molecule has 2 aliphatic rings. The standard InChI is InChI=1S/C19H25NO5S/c1-25-19(22)17-12-16(26(23,24)15-10-6-3-7-11-15)13-20(17)18(21)14-8-4-2-5-9-14/h3,6-7,10-11,14,16-17H,2,4-5,8-9,12-13H2,1H3/t16-,17+/m1/s1. The van der Waals surface area contributed by atoms with Crippen molar-refractivity contribution in [3.63, 3.8) is 0 Å². The zero-order chi connectivity index (χ0) is 18.7. The molecule has 2 fully saturated rings. The van der Waals surface area contributed by atoms with Crippen LogP contribution in [0.2, 0.25) is 0 Å². The highest BCUT2D eigenvalue weighted by Crippen LogP contribution is 2.33. The van der Waals surface area contributed by atoms with E-state index in [0.29, 0.717) is 0 Å². The summed E-state index contributed by atoms with van der Waals surface area (Å²) < 4.78 is 30.7. The van der Waals surface area contributed by atoms with Gasteiger partial charge in [0.15, 0.2) is 9.84 Å². The second-order valence-corrected chi connectivity index (χ2v) is 9.31. The molecule has 142 valence electrons. The van der Waals surface area contributed by atoms with Crippen molar-refractivity contribution in [2.75, 3.05) is 13.7 Å². The van der Waals surface area contributed by atoms with Gasteiger partial charge in [-0.15, -0.1) is 0 Å². The largest absolute Gasteiger partial charge is 0.467 e. The van der Waals surface area contributed by atoms with Crippen LogP contribution in [0.4, 0.5) is 0 Å². The number of rotatable bonds is 4. The van der Waals surface area contributed by atoms with Crippen LogP contribution in [0.15, 0.2) is 35.2 Å². The molecule has 0 aromatic heterocycles. The Morgan fingerprint density at radius 3 is 2.35 bits per heavy atom. The molecule has 0 radical (unpaired) electrons. The SMILES string of the molecule is COC(=O)[C@@H]1C[C@@H](S(=O)(=O)c2ccccc2)CN1C(=O)C1CCCCC1. The van der Waals surface area contributed by atoms with Crippen molar-refractivity contribution in [1.82, 2.24) is 4.90 Å². The van der Waals surface area contributed by atoms with Crippen LogP contribution in [0.1, 0.15) is 38.5 Å². The van der Waals surface area contributed by atoms with E-state index in [0.717, 1.165) is 32.1 Å². The lowest BCUT2D eigenvalue weighted by Gasteiger charge is -2.29. The number of benzene rings is 1. The number of likely N-dealkylation sites (tertiary alicyclic amines) is 1. The molecule has 26 heavy (non-hydrogen) atoms. The van der Waals surface area contributed by atoms with Crippen LogP contribution in [0, 0.1) is 5.92 Å². The highest BCUT2D eigenvalue weighted by atomic mass is 32.2. The van der Waals surface area contributed by atoms with Gasteiger partial charge in [0.25, 0.3) is 0 Å². The van der Waals surface area contributed by atoms with Crippen molar-refractivity contribution < 1.29 is 22.7 Å². The Morgan fingerprint density at radius 1 is 1.08 bits per heavy atom. The lowest BCUT2D eigenvalue weighted by atomic mass is 9.88. The van der Waals surface area contributed by atoms with Crippen LogP contribution < -0.4 is 0 Å². The Labute approximate surface area is 154 Å². The van der Waals surface area contributed by atoms with Crippen LogP contribution >= 0.6 is 0 Å². The molecule has 2 atom stereocenters. The van der Waals surface area contributed by atoms with Crippen molar-refractivity contribution in [2.24, 2.45) is 5.92 Å². The number of amides is 1. The third kappa shape index (κ3) is 3.63. The van der Waals surface area contributed by atoms with Gasteiger partial charge in [0.2, 0.25) is 5.91 Å². The van der Waals surface area contributed by atoms with E-state index in [-0.39, 0.29) is 29.7 Å². The van der Waals surface area contributed by atoms with E-state index in [1.807, 2.05) is 0 Å². The predicted molar refractivity (Wildman–Crippen MR) is 96.1 cm³/mol. The van der Waals surface area contributed by atoms with Gasteiger partial charge in [-0.2, -0.15) is 0 Å². The fourth-order valence-corrected chi connectivity index (χ4v) is 5.73. The van der Waals surface area contributed by atoms with Gasteiger partial charge in [-0.3, -0.25) is 4.79 Å². The van der Waals surface area contributed by atoms with Gasteiger partial charge in [0, 0.05) is 12.5 Å². The molecule has 3 rings (SSSR count). The molecule has 0 bridgehead atoms. The Bertz CT molecular complexity index is 755. The van der Waals surface area contributed by atoms with Crippen LogP contribution in [-0.4, -0.2) is 50.1 Å². The number of hydrogen-bond donors (Lipinski definition) is 0. The molecule has 1 saturated carbocycles. The number of hydrogen-bond acceptors (Lipinski definition) is 5. The first-order valence-corrected chi connectivity index (χ1v) is 10.7. The minimum Gasteiger partial charge on any atom is -0.467 e. The number of methoxy groups -OCH3 is 1. The molecule has 1 heterocycles. The van der Waals surface area contributed by atoms with Gasteiger partial charge in [0.05, 0.1) is 17.3 Å². The van der Waals surface area contributed by atoms with Crippen molar-refractivity contribution in [2.45, 2.75) is 54.7 Å². The summed E-state index contributed by atoms with van der Waals surface area (Å²) in [7, 11) is -2.34. The summed E-state index contributed by atoms with van der Waals surface area (Å²) in [4.78, 5) is 26.8. The summed E-state index contributed by atoms with van der Waals surface area (Å²) in [5, 5.41) is -0.790. The highest BCUT2D eigenvalue weighted by molar-refractivity contribution is 7.92. The third-order valence-electron chi connectivity index (χ3n) is 5.48. The van der Waals surface area contributed by atoms with E-state index in [1.165, 1.54) is 12.0 Å². The smallest absolute Gasteiger partial charge is 0.328 e. The molecule has 1 aromatic rings. The average molecular weight is 379 g/mol. The van der Waals surface area contributed by atoms with E-state index in [1.54, 1.807) is 30.3 Å². The maximum atomic E-state index is 13.0. The number of ether oxygens (including phenoxy) is 1. The zero-order valence-corrected chi connectivity index (χ0v) is 15.8. The van der Waals surface area contributed by atoms with Crippen molar-refractivity contribution in [1.29, 1.82) is 0 Å². The van der Waals surface area contributed by atoms with Gasteiger partial charge >= 0.3 is 5.97 Å². The van der Waals surface area contributed by atoms with Gasteiger partial charge in [-0.25, -0.2) is 13.2 Å². The average Bonchev–Trinajstić information content (AvgIpc) is 3.14. The molecule has 1 aliphatic carbocycles. The fourth-order valence-electron chi connectivity index (χ4n) is 4.01. The first-order valence-electron chi connectivity index (χ1n) is 9.12. The molecule has 6 nitrogen and oxygen atoms in total. The summed E-state index contributed by atoms with van der Waals surface area (Å²) in [5.74, 6) is -0.764. The number of sulfone groups is 1. The highest BCUT2D eigenvalue weighted by Gasteiger charge is 2.47. The lowest BCUT2D eigenvalue weighted by Crippen LogP contribution is -2.44. The molecule has 1 amide bonds. The summed E-state index contributed by atoms with van der Waals surface area (Å²) in [5.41, 5.74) is 0. The maximum absolute atomic E-state index is 13.0. The molecule has 7 heteroatoms. The molecule has 1 aromatic carbocycles. The maximum Gasteiger partial charge on any atom is 0.328 e. The van der Waals surface area contributed by atoms with Gasteiger partial charge in [0.1, 0.15) is 6.04 Å². The summed E-state index contributed by atoms with van der Waals surface area (Å²) in [6.07, 6.45) is 4.81. The molecular weight excluding hydrogens is 354 g/mol. The minimum atomic E-state index is -3.61. The van der Waals surface area contributed by atoms with Crippen LogP contribution in [-0.2, 0) is 24.2 Å². The Morgan fingerprint density at radius 2 is 1.73 bits per heavy atom. The van der Waals surface area contributed by atoms with E-state index in [2.05, 4.69) is 0 Å². The number of carbonyl (C=O) groups is 2. The summed E-state index contributed by atoms with van der Waals surface area (Å²) in [6, 6.07) is 7.37. The van der Waals surface area contributed by atoms with E-state index >= 15 is 0 Å². The fraction of sp³-hybridized carbons (Fsp3) is 0.579. The Kier molecular flexibility index (Phi) is 5.65. The normalized spacial score (nSPS) is 24.4. The first kappa shape index (κ1) is 18.9. The van der Waals surface area contributed by atoms with Crippen LogP contribution in [0.5, 0.6) is 0 Å². The first-order chi connectivity index (χ1) is 12.4.